The Morgan fingerprint density at radius 1 is 0.643 bits per heavy atom. The van der Waals surface area contributed by atoms with Crippen LogP contribution in [0.3, 0.4) is 0 Å². The second-order valence-corrected chi connectivity index (χ2v) is 9.38. The Balaban J connectivity index is 2.40. The summed E-state index contributed by atoms with van der Waals surface area (Å²) in [6.45, 7) is 11.4. The number of benzene rings is 1. The highest BCUT2D eigenvalue weighted by molar-refractivity contribution is 6.60. The monoisotopic (exact) mass is 412 g/mol. The molecule has 0 heterocycles. The lowest BCUT2D eigenvalue weighted by Crippen LogP contribution is -2.45. The van der Waals surface area contributed by atoms with Gasteiger partial charge in [-0.3, -0.25) is 0 Å². The van der Waals surface area contributed by atoms with Crippen LogP contribution in [0.25, 0.3) is 0 Å². The second-order valence-electron chi connectivity index (χ2n) is 6.64. The Kier molecular flexibility index (Phi) is 14.1. The van der Waals surface area contributed by atoms with E-state index in [1.165, 1.54) is 19.3 Å². The fourth-order valence-corrected chi connectivity index (χ4v) is 5.71. The summed E-state index contributed by atoms with van der Waals surface area (Å²) >= 11 is 0. The molecular formula is C22H40O5Si. The molecule has 1 aromatic carbocycles. The van der Waals surface area contributed by atoms with Gasteiger partial charge in [0.2, 0.25) is 0 Å². The van der Waals surface area contributed by atoms with Crippen LogP contribution in [0.15, 0.2) is 24.3 Å². The molecule has 1 aromatic rings. The average molecular weight is 413 g/mol. The van der Waals surface area contributed by atoms with Crippen molar-refractivity contribution in [1.82, 2.24) is 0 Å². The first-order valence-electron chi connectivity index (χ1n) is 11.0. The number of hydrogen-bond acceptors (Lipinski definition) is 5. The van der Waals surface area contributed by atoms with Crippen molar-refractivity contribution in [2.45, 2.75) is 72.3 Å². The van der Waals surface area contributed by atoms with Crippen LogP contribution in [0.5, 0.6) is 11.5 Å². The van der Waals surface area contributed by atoms with Crippen LogP contribution in [-0.2, 0) is 13.3 Å². The predicted molar refractivity (Wildman–Crippen MR) is 116 cm³/mol. The lowest BCUT2D eigenvalue weighted by atomic mass is 10.2. The van der Waals surface area contributed by atoms with E-state index in [4.69, 9.17) is 22.8 Å². The molecule has 0 bridgehead atoms. The van der Waals surface area contributed by atoms with Gasteiger partial charge in [0, 0.05) is 25.9 Å². The molecular weight excluding hydrogens is 372 g/mol. The summed E-state index contributed by atoms with van der Waals surface area (Å²) in [5.41, 5.74) is 0. The summed E-state index contributed by atoms with van der Waals surface area (Å²) in [4.78, 5) is 0. The first-order chi connectivity index (χ1) is 13.7. The molecule has 0 unspecified atom stereocenters. The number of ether oxygens (including phenoxy) is 2. The van der Waals surface area contributed by atoms with Crippen molar-refractivity contribution < 1.29 is 22.8 Å². The maximum atomic E-state index is 5.98. The third-order valence-electron chi connectivity index (χ3n) is 4.33. The van der Waals surface area contributed by atoms with Crippen molar-refractivity contribution >= 4 is 8.80 Å². The molecule has 0 aliphatic heterocycles. The van der Waals surface area contributed by atoms with E-state index in [9.17, 15) is 0 Å². The molecule has 5 nitrogen and oxygen atoms in total. The minimum absolute atomic E-state index is 0.617. The summed E-state index contributed by atoms with van der Waals surface area (Å²) in [5.74, 6) is 1.65. The molecule has 0 aliphatic carbocycles. The van der Waals surface area contributed by atoms with E-state index in [0.717, 1.165) is 43.4 Å². The topological polar surface area (TPSA) is 46.2 Å². The van der Waals surface area contributed by atoms with Crippen LogP contribution in [-0.4, -0.2) is 41.8 Å². The number of rotatable bonds is 18. The molecule has 0 aromatic heterocycles. The molecule has 0 atom stereocenters. The zero-order valence-electron chi connectivity index (χ0n) is 18.3. The summed E-state index contributed by atoms with van der Waals surface area (Å²) in [7, 11) is -2.54. The summed E-state index contributed by atoms with van der Waals surface area (Å²) in [6.07, 6.45) is 6.67. The van der Waals surface area contributed by atoms with Gasteiger partial charge in [0.25, 0.3) is 0 Å². The Hall–Kier alpha value is -1.08. The Bertz CT molecular complexity index is 481. The first-order valence-corrected chi connectivity index (χ1v) is 12.9. The number of hydrogen-bond donors (Lipinski definition) is 0. The fraction of sp³-hybridized carbons (Fsp3) is 0.727. The van der Waals surface area contributed by atoms with Gasteiger partial charge >= 0.3 is 8.80 Å². The van der Waals surface area contributed by atoms with Crippen molar-refractivity contribution in [2.24, 2.45) is 0 Å². The SMILES string of the molecule is CCCCCCOc1ccccc1OCCCC[Si](OCC)(OCC)OCC. The molecule has 0 radical (unpaired) electrons. The summed E-state index contributed by atoms with van der Waals surface area (Å²) < 4.78 is 29.6. The fourth-order valence-electron chi connectivity index (χ4n) is 3.03. The Morgan fingerprint density at radius 2 is 1.14 bits per heavy atom. The smallest absolute Gasteiger partial charge is 0.490 e. The lowest BCUT2D eigenvalue weighted by Gasteiger charge is -2.28. The average Bonchev–Trinajstić information content (AvgIpc) is 2.69. The Morgan fingerprint density at radius 3 is 1.61 bits per heavy atom. The van der Waals surface area contributed by atoms with Gasteiger partial charge in [-0.05, 0) is 52.2 Å². The normalized spacial score (nSPS) is 11.6. The molecule has 0 fully saturated rings. The maximum Gasteiger partial charge on any atom is 0.500 e. The van der Waals surface area contributed by atoms with E-state index < -0.39 is 8.80 Å². The van der Waals surface area contributed by atoms with E-state index in [1.807, 2.05) is 45.0 Å². The van der Waals surface area contributed by atoms with Crippen molar-refractivity contribution in [3.8, 4) is 11.5 Å². The second kappa shape index (κ2) is 15.8. The molecule has 0 saturated heterocycles. The number of para-hydroxylation sites is 2. The van der Waals surface area contributed by atoms with Gasteiger partial charge < -0.3 is 22.8 Å². The molecule has 0 spiro atoms. The molecule has 0 amide bonds. The van der Waals surface area contributed by atoms with Crippen molar-refractivity contribution in [3.63, 3.8) is 0 Å². The minimum Gasteiger partial charge on any atom is -0.490 e. The summed E-state index contributed by atoms with van der Waals surface area (Å²) in [6, 6.07) is 8.74. The van der Waals surface area contributed by atoms with E-state index in [0.29, 0.717) is 26.4 Å². The van der Waals surface area contributed by atoms with Gasteiger partial charge in [0.05, 0.1) is 13.2 Å². The van der Waals surface area contributed by atoms with Gasteiger partial charge in [-0.15, -0.1) is 0 Å². The van der Waals surface area contributed by atoms with Crippen LogP contribution >= 0.6 is 0 Å². The van der Waals surface area contributed by atoms with Crippen molar-refractivity contribution in [3.05, 3.63) is 24.3 Å². The lowest BCUT2D eigenvalue weighted by molar-refractivity contribution is 0.0704. The van der Waals surface area contributed by atoms with Gasteiger partial charge in [0.1, 0.15) is 0 Å². The van der Waals surface area contributed by atoms with Crippen LogP contribution < -0.4 is 9.47 Å². The van der Waals surface area contributed by atoms with Crippen LogP contribution in [0.1, 0.15) is 66.2 Å². The first kappa shape index (κ1) is 25.0. The van der Waals surface area contributed by atoms with Gasteiger partial charge in [-0.1, -0.05) is 38.3 Å². The van der Waals surface area contributed by atoms with Gasteiger partial charge in [0.15, 0.2) is 11.5 Å². The molecule has 6 heteroatoms. The van der Waals surface area contributed by atoms with Crippen LogP contribution in [0, 0.1) is 0 Å². The Labute approximate surface area is 173 Å². The largest absolute Gasteiger partial charge is 0.500 e. The van der Waals surface area contributed by atoms with E-state index in [-0.39, 0.29) is 0 Å². The number of unbranched alkanes of at least 4 members (excludes halogenated alkanes) is 4. The van der Waals surface area contributed by atoms with Crippen LogP contribution in [0.4, 0.5) is 0 Å². The highest BCUT2D eigenvalue weighted by atomic mass is 28.4. The highest BCUT2D eigenvalue weighted by Crippen LogP contribution is 2.27. The van der Waals surface area contributed by atoms with E-state index in [1.54, 1.807) is 0 Å². The molecule has 0 aliphatic rings. The van der Waals surface area contributed by atoms with Gasteiger partial charge in [-0.25, -0.2) is 0 Å². The van der Waals surface area contributed by atoms with Crippen molar-refractivity contribution in [1.29, 1.82) is 0 Å². The zero-order valence-corrected chi connectivity index (χ0v) is 19.3. The predicted octanol–water partition coefficient (Wildman–Crippen LogP) is 5.85. The quantitative estimate of drug-likeness (QED) is 0.223. The molecule has 0 N–H and O–H groups in total. The van der Waals surface area contributed by atoms with E-state index in [2.05, 4.69) is 6.92 Å². The third kappa shape index (κ3) is 9.91. The molecule has 1 rings (SSSR count). The maximum absolute atomic E-state index is 5.98. The minimum atomic E-state index is -2.54. The highest BCUT2D eigenvalue weighted by Gasteiger charge is 2.39. The van der Waals surface area contributed by atoms with E-state index >= 15 is 0 Å². The molecule has 28 heavy (non-hydrogen) atoms. The van der Waals surface area contributed by atoms with Crippen LogP contribution in [0.2, 0.25) is 6.04 Å². The molecule has 0 saturated carbocycles. The third-order valence-corrected chi connectivity index (χ3v) is 7.48. The molecule has 162 valence electrons. The van der Waals surface area contributed by atoms with Crippen molar-refractivity contribution in [2.75, 3.05) is 33.0 Å². The van der Waals surface area contributed by atoms with Gasteiger partial charge in [-0.2, -0.15) is 0 Å². The summed E-state index contributed by atoms with van der Waals surface area (Å²) in [5, 5.41) is 0. The zero-order chi connectivity index (χ0) is 20.5. The standard InChI is InChI=1S/C22H40O5Si/c1-5-9-10-13-18-23-21-16-11-12-17-22(21)24-19-14-15-20-28(25-6-2,26-7-3)27-8-4/h11-12,16-17H,5-10,13-15,18-20H2,1-4H3.